The lowest BCUT2D eigenvalue weighted by atomic mass is 9.89. The highest BCUT2D eigenvalue weighted by molar-refractivity contribution is 5.68. The van der Waals surface area contributed by atoms with Gasteiger partial charge in [-0.3, -0.25) is 0 Å². The average molecular weight is 295 g/mol. The number of phenolic OH excluding ortho intramolecular Hbond substituents is 1. The van der Waals surface area contributed by atoms with Crippen LogP contribution in [0.15, 0.2) is 18.2 Å². The molecular formula is C16H22FNO3. The van der Waals surface area contributed by atoms with Crippen LogP contribution in [-0.4, -0.2) is 34.8 Å². The van der Waals surface area contributed by atoms with E-state index >= 15 is 0 Å². The van der Waals surface area contributed by atoms with E-state index in [1.54, 1.807) is 4.90 Å². The fraction of sp³-hybridized carbons (Fsp3) is 0.562. The summed E-state index contributed by atoms with van der Waals surface area (Å²) >= 11 is 0. The van der Waals surface area contributed by atoms with Crippen LogP contribution in [0.2, 0.25) is 0 Å². The van der Waals surface area contributed by atoms with Gasteiger partial charge in [0.1, 0.15) is 17.2 Å². The molecule has 0 radical (unpaired) electrons. The van der Waals surface area contributed by atoms with E-state index in [0.717, 1.165) is 0 Å². The molecule has 1 aromatic carbocycles. The lowest BCUT2D eigenvalue weighted by Crippen LogP contribution is -2.41. The van der Waals surface area contributed by atoms with Crippen molar-refractivity contribution in [3.05, 3.63) is 29.6 Å². The van der Waals surface area contributed by atoms with Crippen LogP contribution in [0.3, 0.4) is 0 Å². The van der Waals surface area contributed by atoms with Crippen molar-refractivity contribution < 1.29 is 19.0 Å². The minimum Gasteiger partial charge on any atom is -0.508 e. The fourth-order valence-electron chi connectivity index (χ4n) is 2.55. The number of phenols is 1. The fourth-order valence-corrected chi connectivity index (χ4v) is 2.55. The molecule has 0 aromatic heterocycles. The Hall–Kier alpha value is -1.78. The summed E-state index contributed by atoms with van der Waals surface area (Å²) in [6.07, 6.45) is 1.07. The van der Waals surface area contributed by atoms with Gasteiger partial charge in [-0.25, -0.2) is 9.18 Å². The van der Waals surface area contributed by atoms with E-state index in [9.17, 15) is 14.3 Å². The van der Waals surface area contributed by atoms with Crippen molar-refractivity contribution in [2.75, 3.05) is 13.1 Å². The smallest absolute Gasteiger partial charge is 0.410 e. The van der Waals surface area contributed by atoms with Crippen LogP contribution < -0.4 is 0 Å². The number of benzene rings is 1. The normalized spacial score (nSPS) is 16.9. The number of ether oxygens (including phenoxy) is 1. The number of nitrogens with zero attached hydrogens (tertiary/aromatic N) is 1. The molecule has 1 heterocycles. The molecule has 1 aliphatic heterocycles. The molecule has 0 atom stereocenters. The van der Waals surface area contributed by atoms with Gasteiger partial charge in [0.25, 0.3) is 0 Å². The second-order valence-corrected chi connectivity index (χ2v) is 6.44. The number of carbonyl (C=O) groups excluding carboxylic acids is 1. The molecule has 1 aromatic rings. The number of carbonyl (C=O) groups is 1. The molecule has 0 spiro atoms. The van der Waals surface area contributed by atoms with E-state index in [1.807, 2.05) is 20.8 Å². The summed E-state index contributed by atoms with van der Waals surface area (Å²) in [4.78, 5) is 13.6. The Balaban J connectivity index is 1.97. The number of halogens is 1. The summed E-state index contributed by atoms with van der Waals surface area (Å²) in [5, 5.41) is 9.84. The number of likely N-dealkylation sites (tertiary alicyclic amines) is 1. The Morgan fingerprint density at radius 2 is 1.95 bits per heavy atom. The predicted octanol–water partition coefficient (Wildman–Crippen LogP) is 3.65. The Morgan fingerprint density at radius 1 is 1.33 bits per heavy atom. The standard InChI is InChI=1S/C16H22FNO3/c1-16(2,3)21-15(20)18-8-6-11(7-9-18)13-10-12(17)4-5-14(13)19/h4-5,10-11,19H,6-9H2,1-3H3. The summed E-state index contributed by atoms with van der Waals surface area (Å²) in [7, 11) is 0. The summed E-state index contributed by atoms with van der Waals surface area (Å²) in [6, 6.07) is 4.00. The van der Waals surface area contributed by atoms with Gasteiger partial charge < -0.3 is 14.7 Å². The molecule has 1 amide bonds. The van der Waals surface area contributed by atoms with Gasteiger partial charge in [0.2, 0.25) is 0 Å². The van der Waals surface area contributed by atoms with E-state index in [0.29, 0.717) is 31.5 Å². The van der Waals surface area contributed by atoms with Gasteiger partial charge in [0.05, 0.1) is 0 Å². The topological polar surface area (TPSA) is 49.8 Å². The Kier molecular flexibility index (Phi) is 4.40. The van der Waals surface area contributed by atoms with Crippen molar-refractivity contribution in [3.63, 3.8) is 0 Å². The Labute approximate surface area is 124 Å². The summed E-state index contributed by atoms with van der Waals surface area (Å²) < 4.78 is 18.6. The zero-order valence-electron chi connectivity index (χ0n) is 12.7. The molecule has 0 aliphatic carbocycles. The third kappa shape index (κ3) is 4.09. The van der Waals surface area contributed by atoms with Crippen molar-refractivity contribution in [1.82, 2.24) is 4.90 Å². The van der Waals surface area contributed by atoms with Gasteiger partial charge in [-0.15, -0.1) is 0 Å². The maximum atomic E-state index is 13.3. The minimum absolute atomic E-state index is 0.0689. The maximum absolute atomic E-state index is 13.3. The molecule has 0 unspecified atom stereocenters. The van der Waals surface area contributed by atoms with E-state index in [1.165, 1.54) is 18.2 Å². The quantitative estimate of drug-likeness (QED) is 0.860. The van der Waals surface area contributed by atoms with E-state index in [2.05, 4.69) is 0 Å². The molecule has 4 nitrogen and oxygen atoms in total. The molecule has 5 heteroatoms. The SMILES string of the molecule is CC(C)(C)OC(=O)N1CCC(c2cc(F)ccc2O)CC1. The van der Waals surface area contributed by atoms with Crippen LogP contribution in [-0.2, 0) is 4.74 Å². The molecule has 116 valence electrons. The van der Waals surface area contributed by atoms with E-state index < -0.39 is 5.60 Å². The van der Waals surface area contributed by atoms with Gasteiger partial charge in [0.15, 0.2) is 0 Å². The van der Waals surface area contributed by atoms with Crippen LogP contribution in [0, 0.1) is 5.82 Å². The monoisotopic (exact) mass is 295 g/mol. The molecule has 1 aliphatic rings. The van der Waals surface area contributed by atoms with Gasteiger partial charge in [-0.2, -0.15) is 0 Å². The highest BCUT2D eigenvalue weighted by Gasteiger charge is 2.28. The van der Waals surface area contributed by atoms with Crippen molar-refractivity contribution in [3.8, 4) is 5.75 Å². The van der Waals surface area contributed by atoms with Crippen molar-refractivity contribution >= 4 is 6.09 Å². The summed E-state index contributed by atoms with van der Waals surface area (Å²) in [5.74, 6) is -0.163. The van der Waals surface area contributed by atoms with Gasteiger partial charge in [-0.1, -0.05) is 0 Å². The maximum Gasteiger partial charge on any atom is 0.410 e. The third-order valence-electron chi connectivity index (χ3n) is 3.58. The number of amides is 1. The first kappa shape index (κ1) is 15.6. The van der Waals surface area contributed by atoms with Crippen molar-refractivity contribution in [2.45, 2.75) is 45.1 Å². The van der Waals surface area contributed by atoms with Gasteiger partial charge in [0, 0.05) is 13.1 Å². The number of rotatable bonds is 1. The molecule has 2 rings (SSSR count). The predicted molar refractivity (Wildman–Crippen MR) is 77.8 cm³/mol. The highest BCUT2D eigenvalue weighted by Crippen LogP contribution is 2.34. The molecule has 0 saturated carbocycles. The van der Waals surface area contributed by atoms with E-state index in [-0.39, 0.29) is 23.6 Å². The number of piperidine rings is 1. The number of aromatic hydroxyl groups is 1. The first-order chi connectivity index (χ1) is 9.76. The molecule has 1 saturated heterocycles. The molecule has 0 bridgehead atoms. The first-order valence-electron chi connectivity index (χ1n) is 7.22. The van der Waals surface area contributed by atoms with Crippen LogP contribution in [0.4, 0.5) is 9.18 Å². The minimum atomic E-state index is -0.505. The van der Waals surface area contributed by atoms with Crippen LogP contribution >= 0.6 is 0 Å². The second kappa shape index (κ2) is 5.92. The van der Waals surface area contributed by atoms with E-state index in [4.69, 9.17) is 4.74 Å². The Bertz CT molecular complexity index is 517. The lowest BCUT2D eigenvalue weighted by molar-refractivity contribution is 0.0204. The highest BCUT2D eigenvalue weighted by atomic mass is 19.1. The summed E-state index contributed by atoms with van der Waals surface area (Å²) in [5.41, 5.74) is 0.119. The largest absolute Gasteiger partial charge is 0.508 e. The first-order valence-corrected chi connectivity index (χ1v) is 7.22. The molecular weight excluding hydrogens is 273 g/mol. The molecule has 1 N–H and O–H groups in total. The zero-order valence-corrected chi connectivity index (χ0v) is 12.7. The Morgan fingerprint density at radius 3 is 2.52 bits per heavy atom. The second-order valence-electron chi connectivity index (χ2n) is 6.44. The average Bonchev–Trinajstić information content (AvgIpc) is 2.40. The molecule has 1 fully saturated rings. The zero-order chi connectivity index (χ0) is 15.6. The lowest BCUT2D eigenvalue weighted by Gasteiger charge is -2.33. The van der Waals surface area contributed by atoms with Crippen molar-refractivity contribution in [2.24, 2.45) is 0 Å². The van der Waals surface area contributed by atoms with Gasteiger partial charge in [-0.05, 0) is 63.3 Å². The molecule has 21 heavy (non-hydrogen) atoms. The van der Waals surface area contributed by atoms with Gasteiger partial charge >= 0.3 is 6.09 Å². The number of hydrogen-bond acceptors (Lipinski definition) is 3. The van der Waals surface area contributed by atoms with Crippen LogP contribution in [0.1, 0.15) is 45.1 Å². The summed E-state index contributed by atoms with van der Waals surface area (Å²) in [6.45, 7) is 6.61. The number of hydrogen-bond donors (Lipinski definition) is 1. The third-order valence-corrected chi connectivity index (χ3v) is 3.58. The van der Waals surface area contributed by atoms with Crippen LogP contribution in [0.25, 0.3) is 0 Å². The van der Waals surface area contributed by atoms with Crippen LogP contribution in [0.5, 0.6) is 5.75 Å². The van der Waals surface area contributed by atoms with Crippen molar-refractivity contribution in [1.29, 1.82) is 0 Å².